The third-order valence-corrected chi connectivity index (χ3v) is 3.36. The summed E-state index contributed by atoms with van der Waals surface area (Å²) in [4.78, 5) is 0. The lowest BCUT2D eigenvalue weighted by Gasteiger charge is -2.10. The fourth-order valence-corrected chi connectivity index (χ4v) is 2.23. The van der Waals surface area contributed by atoms with Gasteiger partial charge in [-0.25, -0.2) is 4.68 Å². The molecule has 86 valence electrons. The SMILES string of the molecule is Cc1cc2[nH]ncc2c(-n2nccc2C)c1Cl. The average molecular weight is 247 g/mol. The largest absolute Gasteiger partial charge is 0.278 e. The highest BCUT2D eigenvalue weighted by molar-refractivity contribution is 6.34. The van der Waals surface area contributed by atoms with Crippen LogP contribution in [0.2, 0.25) is 5.02 Å². The van der Waals surface area contributed by atoms with Crippen molar-refractivity contribution in [2.24, 2.45) is 0 Å². The number of nitrogens with zero attached hydrogens (tertiary/aromatic N) is 3. The lowest BCUT2D eigenvalue weighted by molar-refractivity contribution is 0.853. The van der Waals surface area contributed by atoms with Gasteiger partial charge in [-0.3, -0.25) is 5.10 Å². The van der Waals surface area contributed by atoms with Gasteiger partial charge < -0.3 is 0 Å². The van der Waals surface area contributed by atoms with E-state index >= 15 is 0 Å². The number of halogens is 1. The standard InChI is InChI=1S/C12H11ClN4/c1-7-5-10-9(6-14-16-10)12(11(7)13)17-8(2)3-4-15-17/h3-6H,1-2H3,(H,14,16). The number of aromatic nitrogens is 4. The Morgan fingerprint density at radius 3 is 2.88 bits per heavy atom. The Kier molecular flexibility index (Phi) is 2.19. The molecule has 0 atom stereocenters. The predicted octanol–water partition coefficient (Wildman–Crippen LogP) is 3.02. The fraction of sp³-hybridized carbons (Fsp3) is 0.167. The van der Waals surface area contributed by atoms with Crippen molar-refractivity contribution in [2.45, 2.75) is 13.8 Å². The van der Waals surface area contributed by atoms with E-state index in [2.05, 4.69) is 15.3 Å². The first-order chi connectivity index (χ1) is 8.18. The van der Waals surface area contributed by atoms with E-state index in [4.69, 9.17) is 11.6 Å². The van der Waals surface area contributed by atoms with Crippen LogP contribution in [0, 0.1) is 13.8 Å². The molecule has 3 rings (SSSR count). The van der Waals surface area contributed by atoms with Gasteiger partial charge in [0.1, 0.15) is 0 Å². The van der Waals surface area contributed by atoms with Gasteiger partial charge in [-0.2, -0.15) is 10.2 Å². The number of rotatable bonds is 1. The summed E-state index contributed by atoms with van der Waals surface area (Å²) in [6.45, 7) is 3.97. The Balaban J connectivity index is 2.45. The van der Waals surface area contributed by atoms with Crippen LogP contribution in [0.5, 0.6) is 0 Å². The van der Waals surface area contributed by atoms with Gasteiger partial charge in [-0.05, 0) is 31.5 Å². The molecular formula is C12H11ClN4. The third kappa shape index (κ3) is 1.45. The number of aryl methyl sites for hydroxylation is 2. The highest BCUT2D eigenvalue weighted by Gasteiger charge is 2.14. The van der Waals surface area contributed by atoms with Crippen molar-refractivity contribution >= 4 is 22.5 Å². The van der Waals surface area contributed by atoms with E-state index in [1.165, 1.54) is 0 Å². The molecule has 0 aliphatic heterocycles. The van der Waals surface area contributed by atoms with E-state index < -0.39 is 0 Å². The topological polar surface area (TPSA) is 46.5 Å². The minimum Gasteiger partial charge on any atom is -0.278 e. The minimum atomic E-state index is 0.714. The van der Waals surface area contributed by atoms with Crippen molar-refractivity contribution < 1.29 is 0 Å². The first-order valence-electron chi connectivity index (χ1n) is 5.31. The summed E-state index contributed by atoms with van der Waals surface area (Å²) in [5.41, 5.74) is 3.91. The van der Waals surface area contributed by atoms with Crippen molar-refractivity contribution in [3.8, 4) is 5.69 Å². The summed E-state index contributed by atoms with van der Waals surface area (Å²) in [7, 11) is 0. The number of hydrogen-bond donors (Lipinski definition) is 1. The van der Waals surface area contributed by atoms with Crippen molar-refractivity contribution in [2.75, 3.05) is 0 Å². The lowest BCUT2D eigenvalue weighted by Crippen LogP contribution is -2.01. The van der Waals surface area contributed by atoms with Gasteiger partial charge in [0, 0.05) is 17.3 Å². The van der Waals surface area contributed by atoms with Crippen LogP contribution in [-0.4, -0.2) is 20.0 Å². The van der Waals surface area contributed by atoms with Crippen LogP contribution in [0.4, 0.5) is 0 Å². The quantitative estimate of drug-likeness (QED) is 0.717. The highest BCUT2D eigenvalue weighted by atomic mass is 35.5. The van der Waals surface area contributed by atoms with Crippen molar-refractivity contribution in [3.05, 3.63) is 40.8 Å². The van der Waals surface area contributed by atoms with E-state index in [-0.39, 0.29) is 0 Å². The molecule has 1 N–H and O–H groups in total. The van der Waals surface area contributed by atoms with E-state index in [0.29, 0.717) is 5.02 Å². The Bertz CT molecular complexity index is 696. The number of fused-ring (bicyclic) bond motifs is 1. The molecule has 1 aromatic carbocycles. The molecule has 0 aliphatic carbocycles. The van der Waals surface area contributed by atoms with E-state index in [9.17, 15) is 0 Å². The maximum Gasteiger partial charge on any atom is 0.0947 e. The van der Waals surface area contributed by atoms with Crippen molar-refractivity contribution in [1.82, 2.24) is 20.0 Å². The number of nitrogens with one attached hydrogen (secondary N) is 1. The molecule has 0 saturated carbocycles. The van der Waals surface area contributed by atoms with Crippen LogP contribution in [0.1, 0.15) is 11.3 Å². The second-order valence-corrected chi connectivity index (χ2v) is 4.45. The van der Waals surface area contributed by atoms with Gasteiger partial charge in [0.05, 0.1) is 22.4 Å². The molecule has 0 bridgehead atoms. The van der Waals surface area contributed by atoms with Gasteiger partial charge >= 0.3 is 0 Å². The lowest BCUT2D eigenvalue weighted by atomic mass is 10.1. The molecule has 0 amide bonds. The second kappa shape index (κ2) is 3.60. The Hall–Kier alpha value is -1.81. The van der Waals surface area contributed by atoms with Gasteiger partial charge in [-0.1, -0.05) is 11.6 Å². The van der Waals surface area contributed by atoms with E-state index in [0.717, 1.165) is 27.8 Å². The smallest absolute Gasteiger partial charge is 0.0947 e. The van der Waals surface area contributed by atoms with Crippen LogP contribution in [0.25, 0.3) is 16.6 Å². The number of aromatic amines is 1. The molecule has 0 aliphatic rings. The molecule has 2 heterocycles. The molecule has 0 fully saturated rings. The zero-order chi connectivity index (χ0) is 12.0. The molecule has 4 nitrogen and oxygen atoms in total. The van der Waals surface area contributed by atoms with Crippen LogP contribution in [0.3, 0.4) is 0 Å². The monoisotopic (exact) mass is 246 g/mol. The molecule has 0 spiro atoms. The molecule has 0 saturated heterocycles. The summed E-state index contributed by atoms with van der Waals surface area (Å²) < 4.78 is 1.84. The summed E-state index contributed by atoms with van der Waals surface area (Å²) >= 11 is 6.39. The van der Waals surface area contributed by atoms with Crippen LogP contribution in [0.15, 0.2) is 24.5 Å². The maximum absolute atomic E-state index is 6.39. The average Bonchev–Trinajstić information content (AvgIpc) is 2.89. The number of H-pyrrole nitrogens is 1. The number of hydrogen-bond acceptors (Lipinski definition) is 2. The fourth-order valence-electron chi connectivity index (χ4n) is 1.99. The minimum absolute atomic E-state index is 0.714. The zero-order valence-electron chi connectivity index (χ0n) is 9.53. The van der Waals surface area contributed by atoms with Gasteiger partial charge in [0.2, 0.25) is 0 Å². The third-order valence-electron chi connectivity index (χ3n) is 2.88. The van der Waals surface area contributed by atoms with Crippen LogP contribution < -0.4 is 0 Å². The van der Waals surface area contributed by atoms with Crippen LogP contribution >= 0.6 is 11.6 Å². The first kappa shape index (κ1) is 10.4. The summed E-state index contributed by atoms with van der Waals surface area (Å²) in [6.07, 6.45) is 3.54. The zero-order valence-corrected chi connectivity index (χ0v) is 10.3. The highest BCUT2D eigenvalue weighted by Crippen LogP contribution is 2.31. The normalized spacial score (nSPS) is 11.2. The molecule has 5 heteroatoms. The maximum atomic E-state index is 6.39. The molecule has 0 unspecified atom stereocenters. The molecule has 3 aromatic rings. The van der Waals surface area contributed by atoms with Crippen molar-refractivity contribution in [3.63, 3.8) is 0 Å². The van der Waals surface area contributed by atoms with E-state index in [1.807, 2.05) is 30.7 Å². The Labute approximate surface area is 103 Å². The molecule has 17 heavy (non-hydrogen) atoms. The van der Waals surface area contributed by atoms with E-state index in [1.54, 1.807) is 12.4 Å². The molecule has 0 radical (unpaired) electrons. The first-order valence-corrected chi connectivity index (χ1v) is 5.69. The summed E-state index contributed by atoms with van der Waals surface area (Å²) in [6, 6.07) is 3.94. The van der Waals surface area contributed by atoms with Crippen molar-refractivity contribution in [1.29, 1.82) is 0 Å². The second-order valence-electron chi connectivity index (χ2n) is 4.07. The van der Waals surface area contributed by atoms with Crippen LogP contribution in [-0.2, 0) is 0 Å². The van der Waals surface area contributed by atoms with Gasteiger partial charge in [-0.15, -0.1) is 0 Å². The summed E-state index contributed by atoms with van der Waals surface area (Å²) in [5, 5.41) is 13.0. The molecular weight excluding hydrogens is 236 g/mol. The number of benzene rings is 1. The molecule has 2 aromatic heterocycles. The van der Waals surface area contributed by atoms with Gasteiger partial charge in [0.25, 0.3) is 0 Å². The Morgan fingerprint density at radius 2 is 2.18 bits per heavy atom. The summed E-state index contributed by atoms with van der Waals surface area (Å²) in [5.74, 6) is 0. The Morgan fingerprint density at radius 1 is 1.35 bits per heavy atom. The van der Waals surface area contributed by atoms with Gasteiger partial charge in [0.15, 0.2) is 0 Å². The predicted molar refractivity (Wildman–Crippen MR) is 67.7 cm³/mol.